The van der Waals surface area contributed by atoms with E-state index in [9.17, 15) is 13.2 Å². The van der Waals surface area contributed by atoms with Gasteiger partial charge >= 0.3 is 0 Å². The fraction of sp³-hybridized carbons (Fsp3) is 0.417. The Morgan fingerprint density at radius 3 is 2.75 bits per heavy atom. The summed E-state index contributed by atoms with van der Waals surface area (Å²) in [6, 6.07) is 4.20. The Hall–Kier alpha value is -0.630. The standard InChI is InChI=1S/C12H13BrClNO4S/c13-10-6-9(20(14,17)18)3-4-11(10)15-12(16)8-2-1-5-19-7-8/h3-4,6,8H,1-2,5,7H2,(H,15,16). The fourth-order valence-corrected chi connectivity index (χ4v) is 3.34. The normalized spacial score (nSPS) is 19.6. The number of nitrogens with one attached hydrogen (secondary N) is 1. The Bertz CT molecular complexity index is 614. The van der Waals surface area contributed by atoms with Crippen LogP contribution in [0.5, 0.6) is 0 Å². The number of benzene rings is 1. The summed E-state index contributed by atoms with van der Waals surface area (Å²) < 4.78 is 28.1. The van der Waals surface area contributed by atoms with E-state index in [1.165, 1.54) is 18.2 Å². The predicted octanol–water partition coefficient (Wildman–Crippen LogP) is 2.74. The molecule has 1 aromatic rings. The first kappa shape index (κ1) is 15.8. The highest BCUT2D eigenvalue weighted by molar-refractivity contribution is 9.10. The maximum atomic E-state index is 12.0. The third-order valence-corrected chi connectivity index (χ3v) is 5.02. The molecule has 0 saturated carbocycles. The molecule has 20 heavy (non-hydrogen) atoms. The lowest BCUT2D eigenvalue weighted by Crippen LogP contribution is -2.30. The van der Waals surface area contributed by atoms with Gasteiger partial charge in [-0.1, -0.05) is 0 Å². The molecule has 0 aromatic heterocycles. The van der Waals surface area contributed by atoms with E-state index in [2.05, 4.69) is 21.2 Å². The first-order valence-electron chi connectivity index (χ1n) is 6.01. The van der Waals surface area contributed by atoms with E-state index < -0.39 is 9.05 Å². The van der Waals surface area contributed by atoms with Crippen LogP contribution in [0, 0.1) is 5.92 Å². The topological polar surface area (TPSA) is 72.5 Å². The fourth-order valence-electron chi connectivity index (χ4n) is 1.93. The van der Waals surface area contributed by atoms with Crippen LogP contribution in [0.3, 0.4) is 0 Å². The first-order chi connectivity index (χ1) is 9.38. The van der Waals surface area contributed by atoms with Crippen molar-refractivity contribution < 1.29 is 17.9 Å². The molecule has 1 atom stereocenters. The van der Waals surface area contributed by atoms with Crippen molar-refractivity contribution in [2.75, 3.05) is 18.5 Å². The molecule has 110 valence electrons. The minimum absolute atomic E-state index is 0.0231. The summed E-state index contributed by atoms with van der Waals surface area (Å²) in [6.45, 7) is 1.10. The summed E-state index contributed by atoms with van der Waals surface area (Å²) in [5.41, 5.74) is 0.504. The van der Waals surface area contributed by atoms with E-state index in [1.54, 1.807) is 0 Å². The number of hydrogen-bond acceptors (Lipinski definition) is 4. The molecule has 0 spiro atoms. The molecule has 1 saturated heterocycles. The van der Waals surface area contributed by atoms with Crippen molar-refractivity contribution >= 4 is 47.3 Å². The molecule has 1 N–H and O–H groups in total. The minimum atomic E-state index is -3.78. The van der Waals surface area contributed by atoms with E-state index >= 15 is 0 Å². The van der Waals surface area contributed by atoms with Gasteiger partial charge in [0.05, 0.1) is 23.1 Å². The van der Waals surface area contributed by atoms with Crippen molar-refractivity contribution in [1.29, 1.82) is 0 Å². The zero-order valence-corrected chi connectivity index (χ0v) is 13.6. The molecule has 1 heterocycles. The largest absolute Gasteiger partial charge is 0.381 e. The van der Waals surface area contributed by atoms with Crippen LogP contribution in [-0.4, -0.2) is 27.5 Å². The van der Waals surface area contributed by atoms with Crippen LogP contribution in [0.4, 0.5) is 5.69 Å². The highest BCUT2D eigenvalue weighted by Gasteiger charge is 2.22. The number of anilines is 1. The number of amides is 1. The van der Waals surface area contributed by atoms with Gasteiger partial charge in [-0.3, -0.25) is 4.79 Å². The molecular formula is C12H13BrClNO4S. The van der Waals surface area contributed by atoms with Gasteiger partial charge in [0.2, 0.25) is 5.91 Å². The number of carbonyl (C=O) groups is 1. The number of rotatable bonds is 3. The third-order valence-electron chi connectivity index (χ3n) is 3.01. The van der Waals surface area contributed by atoms with Gasteiger partial charge in [-0.15, -0.1) is 0 Å². The Morgan fingerprint density at radius 2 is 2.20 bits per heavy atom. The molecule has 8 heteroatoms. The van der Waals surface area contributed by atoms with Crippen molar-refractivity contribution in [3.8, 4) is 0 Å². The van der Waals surface area contributed by atoms with E-state index in [0.29, 0.717) is 23.4 Å². The quantitative estimate of drug-likeness (QED) is 0.816. The second-order valence-corrected chi connectivity index (χ2v) is 7.90. The molecule has 1 amide bonds. The highest BCUT2D eigenvalue weighted by Crippen LogP contribution is 2.28. The second kappa shape index (κ2) is 6.43. The van der Waals surface area contributed by atoms with Gasteiger partial charge in [-0.05, 0) is 47.0 Å². The van der Waals surface area contributed by atoms with E-state index in [4.69, 9.17) is 15.4 Å². The molecule has 2 rings (SSSR count). The van der Waals surface area contributed by atoms with Crippen LogP contribution in [0.2, 0.25) is 0 Å². The van der Waals surface area contributed by atoms with Gasteiger partial charge in [0, 0.05) is 21.8 Å². The molecular weight excluding hydrogens is 370 g/mol. The summed E-state index contributed by atoms with van der Waals surface area (Å²) in [5, 5.41) is 2.75. The molecule has 0 bridgehead atoms. The van der Waals surface area contributed by atoms with Crippen LogP contribution in [0.25, 0.3) is 0 Å². The number of carbonyl (C=O) groups excluding carboxylic acids is 1. The summed E-state index contributed by atoms with van der Waals surface area (Å²) in [6.07, 6.45) is 1.65. The number of halogens is 2. The van der Waals surface area contributed by atoms with Crippen LogP contribution in [-0.2, 0) is 18.6 Å². The van der Waals surface area contributed by atoms with Gasteiger partial charge in [0.1, 0.15) is 0 Å². The lowest BCUT2D eigenvalue weighted by Gasteiger charge is -2.21. The van der Waals surface area contributed by atoms with Crippen LogP contribution < -0.4 is 5.32 Å². The smallest absolute Gasteiger partial charge is 0.261 e. The van der Waals surface area contributed by atoms with Gasteiger partial charge in [0.15, 0.2) is 0 Å². The molecule has 1 aliphatic rings. The van der Waals surface area contributed by atoms with Crippen LogP contribution in [0.1, 0.15) is 12.8 Å². The summed E-state index contributed by atoms with van der Waals surface area (Å²) in [7, 11) is 1.48. The molecule has 5 nitrogen and oxygen atoms in total. The monoisotopic (exact) mass is 381 g/mol. The average molecular weight is 383 g/mol. The van der Waals surface area contributed by atoms with Crippen LogP contribution in [0.15, 0.2) is 27.6 Å². The number of ether oxygens (including phenoxy) is 1. The highest BCUT2D eigenvalue weighted by atomic mass is 79.9. The first-order valence-corrected chi connectivity index (χ1v) is 9.11. The molecule has 1 unspecified atom stereocenters. The maximum Gasteiger partial charge on any atom is 0.261 e. The maximum absolute atomic E-state index is 12.0. The van der Waals surface area contributed by atoms with Crippen molar-refractivity contribution in [3.05, 3.63) is 22.7 Å². The Kier molecular flexibility index (Phi) is 5.06. The SMILES string of the molecule is O=C(Nc1ccc(S(=O)(=O)Cl)cc1Br)C1CCCOC1. The van der Waals surface area contributed by atoms with Gasteiger partial charge in [-0.25, -0.2) is 8.42 Å². The van der Waals surface area contributed by atoms with Crippen molar-refractivity contribution in [2.45, 2.75) is 17.7 Å². The Morgan fingerprint density at radius 1 is 1.45 bits per heavy atom. The minimum Gasteiger partial charge on any atom is -0.381 e. The van der Waals surface area contributed by atoms with Crippen molar-refractivity contribution in [1.82, 2.24) is 0 Å². The second-order valence-electron chi connectivity index (χ2n) is 4.48. The lowest BCUT2D eigenvalue weighted by atomic mass is 10.0. The van der Waals surface area contributed by atoms with Gasteiger partial charge in [0.25, 0.3) is 9.05 Å². The molecule has 1 aromatic carbocycles. The third kappa shape index (κ3) is 3.94. The molecule has 1 fully saturated rings. The molecule has 1 aliphatic heterocycles. The van der Waals surface area contributed by atoms with E-state index in [1.807, 2.05) is 0 Å². The average Bonchev–Trinajstić information content (AvgIpc) is 2.41. The summed E-state index contributed by atoms with van der Waals surface area (Å²) in [5.74, 6) is -0.307. The zero-order valence-electron chi connectivity index (χ0n) is 10.4. The van der Waals surface area contributed by atoms with E-state index in [-0.39, 0.29) is 16.7 Å². The van der Waals surface area contributed by atoms with Crippen molar-refractivity contribution in [3.63, 3.8) is 0 Å². The number of hydrogen-bond donors (Lipinski definition) is 1. The molecule has 0 aliphatic carbocycles. The van der Waals surface area contributed by atoms with Gasteiger partial charge < -0.3 is 10.1 Å². The predicted molar refractivity (Wildman–Crippen MR) is 79.4 cm³/mol. The lowest BCUT2D eigenvalue weighted by molar-refractivity contribution is -0.123. The van der Waals surface area contributed by atoms with Crippen molar-refractivity contribution in [2.24, 2.45) is 5.92 Å². The molecule has 0 radical (unpaired) electrons. The van der Waals surface area contributed by atoms with E-state index in [0.717, 1.165) is 12.8 Å². The Balaban J connectivity index is 2.11. The zero-order chi connectivity index (χ0) is 14.8. The Labute approximate surface area is 130 Å². The summed E-state index contributed by atoms with van der Waals surface area (Å²) in [4.78, 5) is 12.0. The van der Waals surface area contributed by atoms with Gasteiger partial charge in [-0.2, -0.15) is 0 Å². The summed E-state index contributed by atoms with van der Waals surface area (Å²) >= 11 is 3.22. The van der Waals surface area contributed by atoms with Crippen LogP contribution >= 0.6 is 26.6 Å².